The maximum atomic E-state index is 9.36. The molecule has 6 heteroatoms. The minimum Gasteiger partial charge on any atom is -0.394 e. The van der Waals surface area contributed by atoms with E-state index in [0.717, 1.165) is 35.8 Å². The third kappa shape index (κ3) is 4.44. The molecule has 0 fully saturated rings. The molecular weight excluding hydrogens is 250 g/mol. The minimum absolute atomic E-state index is 0.222. The molecule has 0 saturated heterocycles. The molecule has 5 nitrogen and oxygen atoms in total. The molecule has 1 unspecified atom stereocenters. The summed E-state index contributed by atoms with van der Waals surface area (Å²) in [5.74, 6) is 1.31. The second-order valence-corrected chi connectivity index (χ2v) is 4.94. The number of rotatable bonds is 8. The Hall–Kier alpha value is -0.850. The van der Waals surface area contributed by atoms with Crippen LogP contribution in [-0.2, 0) is 6.42 Å². The molecule has 0 aliphatic rings. The van der Waals surface area contributed by atoms with Gasteiger partial charge in [-0.15, -0.1) is 11.8 Å². The summed E-state index contributed by atoms with van der Waals surface area (Å²) in [6.45, 7) is 4.82. The number of aromatic nitrogens is 2. The van der Waals surface area contributed by atoms with Crippen LogP contribution in [0.5, 0.6) is 0 Å². The average molecular weight is 271 g/mol. The van der Waals surface area contributed by atoms with Gasteiger partial charge in [-0.3, -0.25) is 0 Å². The maximum absolute atomic E-state index is 9.36. The van der Waals surface area contributed by atoms with Gasteiger partial charge in [-0.1, -0.05) is 13.8 Å². The molecule has 0 amide bonds. The lowest BCUT2D eigenvalue weighted by molar-refractivity contribution is 0.113. The van der Waals surface area contributed by atoms with Crippen molar-refractivity contribution in [3.8, 4) is 0 Å². The van der Waals surface area contributed by atoms with Crippen LogP contribution in [-0.4, -0.2) is 45.2 Å². The third-order valence-corrected chi connectivity index (χ3v) is 3.60. The molecule has 1 aromatic heterocycles. The SMILES string of the molecule is CCCNc1ncnc(SCC(O)CO)c1CC. The summed E-state index contributed by atoms with van der Waals surface area (Å²) in [6.07, 6.45) is 2.70. The molecule has 1 aromatic rings. The lowest BCUT2D eigenvalue weighted by atomic mass is 10.2. The van der Waals surface area contributed by atoms with Crippen LogP contribution in [0.1, 0.15) is 25.8 Å². The molecule has 1 atom stereocenters. The second kappa shape index (κ2) is 8.29. The summed E-state index contributed by atoms with van der Waals surface area (Å²) < 4.78 is 0. The van der Waals surface area contributed by atoms with E-state index in [0.29, 0.717) is 5.75 Å². The Morgan fingerprint density at radius 1 is 1.39 bits per heavy atom. The molecule has 102 valence electrons. The number of hydrogen-bond donors (Lipinski definition) is 3. The highest BCUT2D eigenvalue weighted by Gasteiger charge is 2.11. The van der Waals surface area contributed by atoms with E-state index in [2.05, 4.69) is 29.1 Å². The highest BCUT2D eigenvalue weighted by molar-refractivity contribution is 7.99. The molecule has 18 heavy (non-hydrogen) atoms. The third-order valence-electron chi connectivity index (χ3n) is 2.43. The van der Waals surface area contributed by atoms with Crippen LogP contribution < -0.4 is 5.32 Å². The molecule has 0 aliphatic heterocycles. The fourth-order valence-corrected chi connectivity index (χ4v) is 2.46. The second-order valence-electron chi connectivity index (χ2n) is 3.93. The van der Waals surface area contributed by atoms with E-state index in [9.17, 15) is 5.11 Å². The highest BCUT2D eigenvalue weighted by Crippen LogP contribution is 2.25. The van der Waals surface area contributed by atoms with E-state index in [1.165, 1.54) is 18.1 Å². The van der Waals surface area contributed by atoms with Gasteiger partial charge in [-0.05, 0) is 12.8 Å². The molecule has 0 bridgehead atoms. The molecule has 0 aromatic carbocycles. The van der Waals surface area contributed by atoms with Crippen LogP contribution in [0.15, 0.2) is 11.4 Å². The van der Waals surface area contributed by atoms with Gasteiger partial charge in [0.2, 0.25) is 0 Å². The Morgan fingerprint density at radius 2 is 2.17 bits per heavy atom. The minimum atomic E-state index is -0.707. The summed E-state index contributed by atoms with van der Waals surface area (Å²) in [4.78, 5) is 8.49. The van der Waals surface area contributed by atoms with Crippen molar-refractivity contribution in [3.05, 3.63) is 11.9 Å². The molecule has 0 radical (unpaired) electrons. The number of nitrogens with zero attached hydrogens (tertiary/aromatic N) is 2. The van der Waals surface area contributed by atoms with E-state index < -0.39 is 6.10 Å². The Bertz CT molecular complexity index is 363. The Morgan fingerprint density at radius 3 is 2.78 bits per heavy atom. The van der Waals surface area contributed by atoms with Gasteiger partial charge >= 0.3 is 0 Å². The quantitative estimate of drug-likeness (QED) is 0.489. The highest BCUT2D eigenvalue weighted by atomic mass is 32.2. The van der Waals surface area contributed by atoms with Gasteiger partial charge in [-0.2, -0.15) is 0 Å². The van der Waals surface area contributed by atoms with Crippen molar-refractivity contribution in [2.75, 3.05) is 24.2 Å². The maximum Gasteiger partial charge on any atom is 0.133 e. The van der Waals surface area contributed by atoms with Crippen molar-refractivity contribution in [1.29, 1.82) is 0 Å². The van der Waals surface area contributed by atoms with Crippen LogP contribution in [0.3, 0.4) is 0 Å². The normalized spacial score (nSPS) is 12.4. The van der Waals surface area contributed by atoms with Crippen LogP contribution >= 0.6 is 11.8 Å². The van der Waals surface area contributed by atoms with Crippen molar-refractivity contribution in [2.24, 2.45) is 0 Å². The average Bonchev–Trinajstić information content (AvgIpc) is 2.42. The Kier molecular flexibility index (Phi) is 7.00. The molecule has 0 aliphatic carbocycles. The first kappa shape index (κ1) is 15.2. The van der Waals surface area contributed by atoms with E-state index in [-0.39, 0.29) is 6.61 Å². The molecular formula is C12H21N3O2S. The van der Waals surface area contributed by atoms with Gasteiger partial charge in [0, 0.05) is 17.9 Å². The van der Waals surface area contributed by atoms with Crippen molar-refractivity contribution in [1.82, 2.24) is 9.97 Å². The summed E-state index contributed by atoms with van der Waals surface area (Å²) in [6, 6.07) is 0. The fourth-order valence-electron chi connectivity index (χ4n) is 1.46. The molecule has 3 N–H and O–H groups in total. The van der Waals surface area contributed by atoms with Crippen LogP contribution in [0.25, 0.3) is 0 Å². The first-order chi connectivity index (χ1) is 8.72. The number of anilines is 1. The predicted molar refractivity (Wildman–Crippen MR) is 74.0 cm³/mol. The summed E-state index contributed by atoms with van der Waals surface area (Å²) in [5, 5.41) is 22.3. The largest absolute Gasteiger partial charge is 0.394 e. The van der Waals surface area contributed by atoms with E-state index >= 15 is 0 Å². The monoisotopic (exact) mass is 271 g/mol. The predicted octanol–water partition coefficient (Wildman–Crippen LogP) is 1.31. The lowest BCUT2D eigenvalue weighted by Gasteiger charge is -2.13. The van der Waals surface area contributed by atoms with Gasteiger partial charge < -0.3 is 15.5 Å². The zero-order valence-corrected chi connectivity index (χ0v) is 11.7. The number of aliphatic hydroxyl groups is 2. The zero-order valence-electron chi connectivity index (χ0n) is 10.9. The van der Waals surface area contributed by atoms with Gasteiger partial charge in [0.05, 0.1) is 12.7 Å². The van der Waals surface area contributed by atoms with Crippen LogP contribution in [0.2, 0.25) is 0 Å². The number of nitrogens with one attached hydrogen (secondary N) is 1. The van der Waals surface area contributed by atoms with Crippen molar-refractivity contribution in [2.45, 2.75) is 37.8 Å². The summed E-state index contributed by atoms with van der Waals surface area (Å²) >= 11 is 1.45. The molecule has 0 saturated carbocycles. The Labute approximate surface area is 112 Å². The first-order valence-corrected chi connectivity index (χ1v) is 7.20. The number of aliphatic hydroxyl groups excluding tert-OH is 2. The molecule has 0 spiro atoms. The van der Waals surface area contributed by atoms with E-state index in [1.54, 1.807) is 0 Å². The number of thioether (sulfide) groups is 1. The summed E-state index contributed by atoms with van der Waals surface area (Å²) in [7, 11) is 0. The topological polar surface area (TPSA) is 78.3 Å². The molecule has 1 heterocycles. The van der Waals surface area contributed by atoms with E-state index in [1.807, 2.05) is 0 Å². The number of hydrogen-bond acceptors (Lipinski definition) is 6. The standard InChI is InChI=1S/C12H21N3O2S/c1-3-5-13-11-10(4-2)12(15-8-14-11)18-7-9(17)6-16/h8-9,16-17H,3-7H2,1-2H3,(H,13,14,15). The Balaban J connectivity index is 2.77. The van der Waals surface area contributed by atoms with Crippen molar-refractivity contribution >= 4 is 17.6 Å². The summed E-state index contributed by atoms with van der Waals surface area (Å²) in [5.41, 5.74) is 1.07. The lowest BCUT2D eigenvalue weighted by Crippen LogP contribution is -2.15. The fraction of sp³-hybridized carbons (Fsp3) is 0.667. The van der Waals surface area contributed by atoms with E-state index in [4.69, 9.17) is 5.11 Å². The van der Waals surface area contributed by atoms with Gasteiger partial charge in [0.25, 0.3) is 0 Å². The van der Waals surface area contributed by atoms with Gasteiger partial charge in [0.15, 0.2) is 0 Å². The van der Waals surface area contributed by atoms with Crippen molar-refractivity contribution < 1.29 is 10.2 Å². The smallest absolute Gasteiger partial charge is 0.133 e. The van der Waals surface area contributed by atoms with Crippen LogP contribution in [0, 0.1) is 0 Å². The van der Waals surface area contributed by atoms with Gasteiger partial charge in [-0.25, -0.2) is 9.97 Å². The van der Waals surface area contributed by atoms with Gasteiger partial charge in [0.1, 0.15) is 17.2 Å². The van der Waals surface area contributed by atoms with Crippen molar-refractivity contribution in [3.63, 3.8) is 0 Å². The zero-order chi connectivity index (χ0) is 13.4. The first-order valence-electron chi connectivity index (χ1n) is 6.22. The van der Waals surface area contributed by atoms with Crippen LogP contribution in [0.4, 0.5) is 5.82 Å². The molecule has 1 rings (SSSR count).